The number of methoxy groups -OCH3 is 1. The van der Waals surface area contributed by atoms with Gasteiger partial charge in [-0.2, -0.15) is 0 Å². The maximum absolute atomic E-state index is 12.1. The molecule has 5 nitrogen and oxygen atoms in total. The molecule has 0 aliphatic rings. The van der Waals surface area contributed by atoms with Crippen LogP contribution in [0.4, 0.5) is 0 Å². The van der Waals surface area contributed by atoms with E-state index in [0.29, 0.717) is 0 Å². The molecule has 1 aromatic carbocycles. The highest BCUT2D eigenvalue weighted by Crippen LogP contribution is 2.32. The highest BCUT2D eigenvalue weighted by molar-refractivity contribution is 6.32. The summed E-state index contributed by atoms with van der Waals surface area (Å²) in [5.41, 5.74) is -1.80. The summed E-state index contributed by atoms with van der Waals surface area (Å²) in [5.74, 6) is -2.25. The molecule has 1 atom stereocenters. The van der Waals surface area contributed by atoms with Gasteiger partial charge >= 0.3 is 11.9 Å². The molecular formula is C13H15ClO5. The summed E-state index contributed by atoms with van der Waals surface area (Å²) in [7, 11) is 1.31. The van der Waals surface area contributed by atoms with Gasteiger partial charge in [-0.3, -0.25) is 9.59 Å². The fourth-order valence-corrected chi connectivity index (χ4v) is 2.09. The van der Waals surface area contributed by atoms with Gasteiger partial charge in [-0.25, -0.2) is 0 Å². The Balaban J connectivity index is 3.44. The molecule has 6 heteroatoms. The number of carbonyl (C=O) groups excluding carboxylic acids is 1. The van der Waals surface area contributed by atoms with Crippen molar-refractivity contribution in [2.45, 2.75) is 12.3 Å². The Kier molecular flexibility index (Phi) is 5.32. The number of carbonyl (C=O) groups is 2. The van der Waals surface area contributed by atoms with Crippen LogP contribution in [0.25, 0.3) is 0 Å². The van der Waals surface area contributed by atoms with E-state index in [4.69, 9.17) is 21.1 Å². The van der Waals surface area contributed by atoms with Gasteiger partial charge in [-0.1, -0.05) is 29.8 Å². The molecule has 0 heterocycles. The van der Waals surface area contributed by atoms with Crippen LogP contribution in [-0.4, -0.2) is 37.4 Å². The summed E-state index contributed by atoms with van der Waals surface area (Å²) in [4.78, 5) is 23.7. The van der Waals surface area contributed by atoms with Gasteiger partial charge in [0.1, 0.15) is 0 Å². The minimum Gasteiger partial charge on any atom is -0.480 e. The zero-order valence-corrected chi connectivity index (χ0v) is 11.4. The summed E-state index contributed by atoms with van der Waals surface area (Å²) in [5, 5.41) is 9.67. The van der Waals surface area contributed by atoms with E-state index in [0.717, 1.165) is 0 Å². The number of halogens is 1. The summed E-state index contributed by atoms with van der Waals surface area (Å²) in [6.45, 7) is 1.32. The fourth-order valence-electron chi connectivity index (χ4n) is 1.79. The Morgan fingerprint density at radius 3 is 2.47 bits per heavy atom. The zero-order chi connectivity index (χ0) is 14.5. The molecule has 19 heavy (non-hydrogen) atoms. The van der Waals surface area contributed by atoms with E-state index in [-0.39, 0.29) is 23.8 Å². The first-order chi connectivity index (χ1) is 9.00. The van der Waals surface area contributed by atoms with E-state index in [1.165, 1.54) is 19.2 Å². The first-order valence-corrected chi connectivity index (χ1v) is 6.03. The number of esters is 1. The topological polar surface area (TPSA) is 72.8 Å². The maximum atomic E-state index is 12.1. The smallest absolute Gasteiger partial charge is 0.330 e. The molecular weight excluding hydrogens is 272 g/mol. The second-order valence-electron chi connectivity index (χ2n) is 3.84. The fraction of sp³-hybridized carbons (Fsp3) is 0.385. The molecule has 0 amide bonds. The Morgan fingerprint density at radius 2 is 2.00 bits per heavy atom. The Bertz CT molecular complexity index is 474. The van der Waals surface area contributed by atoms with Crippen molar-refractivity contribution >= 4 is 23.5 Å². The van der Waals surface area contributed by atoms with E-state index in [9.17, 15) is 14.7 Å². The van der Waals surface area contributed by atoms with Gasteiger partial charge in [0.05, 0.1) is 13.2 Å². The Labute approximate surface area is 116 Å². The molecule has 1 aromatic rings. The number of hydrogen-bond donors (Lipinski definition) is 1. The number of hydrogen-bond acceptors (Lipinski definition) is 4. The average molecular weight is 287 g/mol. The van der Waals surface area contributed by atoms with E-state index in [1.54, 1.807) is 19.1 Å². The van der Waals surface area contributed by atoms with Crippen LogP contribution in [0.1, 0.15) is 12.5 Å². The van der Waals surface area contributed by atoms with Crippen molar-refractivity contribution in [2.24, 2.45) is 0 Å². The number of aliphatic carboxylic acids is 1. The number of carboxylic acid groups (broad SMARTS) is 1. The molecule has 0 radical (unpaired) electrons. The van der Waals surface area contributed by atoms with Gasteiger partial charge in [0, 0.05) is 17.7 Å². The Hall–Kier alpha value is -1.59. The number of ether oxygens (including phenoxy) is 2. The lowest BCUT2D eigenvalue weighted by Crippen LogP contribution is -2.49. The standard InChI is InChI=1S/C13H15ClO5/c1-3-19-12(17)13(8-18-2,11(15)16)9-6-4-5-7-10(9)14/h4-7H,3,8H2,1-2H3,(H,15,16). The van der Waals surface area contributed by atoms with Crippen molar-refractivity contribution in [3.63, 3.8) is 0 Å². The quantitative estimate of drug-likeness (QED) is 0.638. The van der Waals surface area contributed by atoms with Gasteiger partial charge in [0.25, 0.3) is 0 Å². The third kappa shape index (κ3) is 2.88. The predicted octanol–water partition coefficient (Wildman–Crippen LogP) is 1.87. The normalized spacial score (nSPS) is 13.6. The molecule has 0 spiro atoms. The van der Waals surface area contributed by atoms with Crippen LogP contribution in [0, 0.1) is 0 Å². The maximum Gasteiger partial charge on any atom is 0.330 e. The van der Waals surface area contributed by atoms with Gasteiger partial charge in [0.15, 0.2) is 0 Å². The van der Waals surface area contributed by atoms with E-state index < -0.39 is 17.4 Å². The lowest BCUT2D eigenvalue weighted by molar-refractivity contribution is -0.164. The molecule has 1 rings (SSSR count). The highest BCUT2D eigenvalue weighted by Gasteiger charge is 2.51. The van der Waals surface area contributed by atoms with Crippen molar-refractivity contribution in [2.75, 3.05) is 20.3 Å². The lowest BCUT2D eigenvalue weighted by atomic mass is 9.81. The van der Waals surface area contributed by atoms with Crippen LogP contribution in [0.15, 0.2) is 24.3 Å². The van der Waals surface area contributed by atoms with Crippen molar-refractivity contribution in [1.82, 2.24) is 0 Å². The van der Waals surface area contributed by atoms with Crippen LogP contribution in [0.2, 0.25) is 5.02 Å². The molecule has 0 bridgehead atoms. The molecule has 1 unspecified atom stereocenters. The summed E-state index contributed by atoms with van der Waals surface area (Å²) < 4.78 is 9.78. The molecule has 0 aromatic heterocycles. The third-order valence-corrected chi connectivity index (χ3v) is 3.01. The van der Waals surface area contributed by atoms with Crippen molar-refractivity contribution < 1.29 is 24.2 Å². The number of benzene rings is 1. The predicted molar refractivity (Wildman–Crippen MR) is 69.3 cm³/mol. The minimum atomic E-state index is -1.96. The first-order valence-electron chi connectivity index (χ1n) is 5.65. The van der Waals surface area contributed by atoms with Crippen LogP contribution in [0.5, 0.6) is 0 Å². The van der Waals surface area contributed by atoms with E-state index in [2.05, 4.69) is 0 Å². The van der Waals surface area contributed by atoms with Crippen LogP contribution in [0.3, 0.4) is 0 Å². The van der Waals surface area contributed by atoms with Gasteiger partial charge in [0.2, 0.25) is 5.41 Å². The highest BCUT2D eigenvalue weighted by atomic mass is 35.5. The zero-order valence-electron chi connectivity index (χ0n) is 10.7. The number of carboxylic acids is 1. The Morgan fingerprint density at radius 1 is 1.37 bits per heavy atom. The van der Waals surface area contributed by atoms with E-state index in [1.807, 2.05) is 0 Å². The van der Waals surface area contributed by atoms with Crippen molar-refractivity contribution in [3.8, 4) is 0 Å². The number of rotatable bonds is 6. The summed E-state index contributed by atoms with van der Waals surface area (Å²) in [6, 6.07) is 6.25. The summed E-state index contributed by atoms with van der Waals surface area (Å²) in [6.07, 6.45) is 0. The van der Waals surface area contributed by atoms with E-state index >= 15 is 0 Å². The molecule has 0 aliphatic heterocycles. The average Bonchev–Trinajstić information content (AvgIpc) is 2.36. The van der Waals surface area contributed by atoms with Gasteiger partial charge in [-0.05, 0) is 13.0 Å². The second-order valence-corrected chi connectivity index (χ2v) is 4.25. The lowest BCUT2D eigenvalue weighted by Gasteiger charge is -2.27. The van der Waals surface area contributed by atoms with Crippen LogP contribution in [-0.2, 0) is 24.5 Å². The monoisotopic (exact) mass is 286 g/mol. The third-order valence-electron chi connectivity index (χ3n) is 2.68. The van der Waals surface area contributed by atoms with Crippen molar-refractivity contribution in [3.05, 3.63) is 34.9 Å². The SMILES string of the molecule is CCOC(=O)C(COC)(C(=O)O)c1ccccc1Cl. The molecule has 0 aliphatic carbocycles. The van der Waals surface area contributed by atoms with Crippen LogP contribution >= 0.6 is 11.6 Å². The molecule has 0 fully saturated rings. The largest absolute Gasteiger partial charge is 0.480 e. The van der Waals surface area contributed by atoms with Gasteiger partial charge in [-0.15, -0.1) is 0 Å². The molecule has 1 N–H and O–H groups in total. The molecule has 0 saturated carbocycles. The first kappa shape index (κ1) is 15.5. The second kappa shape index (κ2) is 6.54. The summed E-state index contributed by atoms with van der Waals surface area (Å²) >= 11 is 6.01. The molecule has 0 saturated heterocycles. The van der Waals surface area contributed by atoms with Crippen LogP contribution < -0.4 is 0 Å². The molecule has 104 valence electrons. The minimum absolute atomic E-state index is 0.0715. The van der Waals surface area contributed by atoms with Gasteiger partial charge < -0.3 is 14.6 Å². The van der Waals surface area contributed by atoms with Crippen molar-refractivity contribution in [1.29, 1.82) is 0 Å².